The van der Waals surface area contributed by atoms with Gasteiger partial charge in [0, 0.05) is 6.54 Å². The molecule has 0 saturated carbocycles. The number of anilines is 1. The summed E-state index contributed by atoms with van der Waals surface area (Å²) in [6.07, 6.45) is 0. The Labute approximate surface area is 115 Å². The van der Waals surface area contributed by atoms with Gasteiger partial charge < -0.3 is 10.1 Å². The lowest BCUT2D eigenvalue weighted by atomic mass is 10.1. The fourth-order valence-electron chi connectivity index (χ4n) is 1.97. The van der Waals surface area contributed by atoms with E-state index in [2.05, 4.69) is 55.6 Å². The summed E-state index contributed by atoms with van der Waals surface area (Å²) in [7, 11) is 0. The summed E-state index contributed by atoms with van der Waals surface area (Å²) in [4.78, 5) is 0. The molecular weight excluding hydrogens is 234 g/mol. The molecule has 0 aromatic heterocycles. The van der Waals surface area contributed by atoms with Gasteiger partial charge in [-0.25, -0.2) is 0 Å². The van der Waals surface area contributed by atoms with Gasteiger partial charge >= 0.3 is 0 Å². The molecule has 0 saturated heterocycles. The molecule has 2 aromatic carbocycles. The number of benzene rings is 2. The van der Waals surface area contributed by atoms with Crippen molar-refractivity contribution in [3.05, 3.63) is 59.2 Å². The molecule has 2 rings (SSSR count). The molecule has 0 fully saturated rings. The number of aryl methyl sites for hydroxylation is 2. The van der Waals surface area contributed by atoms with E-state index in [-0.39, 0.29) is 0 Å². The molecule has 0 spiro atoms. The maximum atomic E-state index is 5.64. The van der Waals surface area contributed by atoms with E-state index in [1.54, 1.807) is 0 Å². The van der Waals surface area contributed by atoms with Gasteiger partial charge in [-0.15, -0.1) is 0 Å². The second kappa shape index (κ2) is 6.28. The molecule has 2 aromatic rings. The maximum absolute atomic E-state index is 5.64. The molecule has 19 heavy (non-hydrogen) atoms. The van der Waals surface area contributed by atoms with Gasteiger partial charge in [0.25, 0.3) is 0 Å². The normalized spacial score (nSPS) is 10.3. The third kappa shape index (κ3) is 3.75. The highest BCUT2D eigenvalue weighted by Crippen LogP contribution is 2.26. The topological polar surface area (TPSA) is 21.3 Å². The average molecular weight is 255 g/mol. The SMILES string of the molecule is CCOc1ccc(C)cc1NCc1ccc(C)cc1. The van der Waals surface area contributed by atoms with Gasteiger partial charge in [0.2, 0.25) is 0 Å². The Morgan fingerprint density at radius 1 is 0.947 bits per heavy atom. The van der Waals surface area contributed by atoms with Crippen LogP contribution in [0.25, 0.3) is 0 Å². The van der Waals surface area contributed by atoms with Crippen LogP contribution in [-0.2, 0) is 6.54 Å². The van der Waals surface area contributed by atoms with Gasteiger partial charge in [-0.05, 0) is 44.0 Å². The van der Waals surface area contributed by atoms with Crippen LogP contribution < -0.4 is 10.1 Å². The first-order chi connectivity index (χ1) is 9.19. The first-order valence-corrected chi connectivity index (χ1v) is 6.72. The molecule has 0 aliphatic heterocycles. The van der Waals surface area contributed by atoms with Crippen molar-refractivity contribution in [1.29, 1.82) is 0 Å². The fraction of sp³-hybridized carbons (Fsp3) is 0.294. The van der Waals surface area contributed by atoms with E-state index in [9.17, 15) is 0 Å². The van der Waals surface area contributed by atoms with Crippen molar-refractivity contribution < 1.29 is 4.74 Å². The van der Waals surface area contributed by atoms with Crippen LogP contribution in [0, 0.1) is 13.8 Å². The van der Waals surface area contributed by atoms with E-state index < -0.39 is 0 Å². The molecule has 2 nitrogen and oxygen atoms in total. The maximum Gasteiger partial charge on any atom is 0.142 e. The molecule has 0 aliphatic carbocycles. The Balaban J connectivity index is 2.09. The van der Waals surface area contributed by atoms with Crippen molar-refractivity contribution in [1.82, 2.24) is 0 Å². The summed E-state index contributed by atoms with van der Waals surface area (Å²) >= 11 is 0. The lowest BCUT2D eigenvalue weighted by molar-refractivity contribution is 0.341. The van der Waals surface area contributed by atoms with Crippen molar-refractivity contribution in [3.63, 3.8) is 0 Å². The predicted molar refractivity (Wildman–Crippen MR) is 80.9 cm³/mol. The van der Waals surface area contributed by atoms with Crippen LogP contribution in [0.15, 0.2) is 42.5 Å². The van der Waals surface area contributed by atoms with Crippen LogP contribution in [0.1, 0.15) is 23.6 Å². The Bertz CT molecular complexity index is 531. The van der Waals surface area contributed by atoms with Crippen molar-refractivity contribution in [2.45, 2.75) is 27.3 Å². The molecule has 0 heterocycles. The lowest BCUT2D eigenvalue weighted by Crippen LogP contribution is -2.03. The molecule has 0 atom stereocenters. The minimum absolute atomic E-state index is 0.683. The predicted octanol–water partition coefficient (Wildman–Crippen LogP) is 4.31. The molecule has 0 radical (unpaired) electrons. The molecule has 0 amide bonds. The van der Waals surface area contributed by atoms with Crippen molar-refractivity contribution in [2.24, 2.45) is 0 Å². The van der Waals surface area contributed by atoms with E-state index in [1.165, 1.54) is 16.7 Å². The monoisotopic (exact) mass is 255 g/mol. The van der Waals surface area contributed by atoms with Gasteiger partial charge in [-0.2, -0.15) is 0 Å². The molecule has 1 N–H and O–H groups in total. The van der Waals surface area contributed by atoms with Gasteiger partial charge in [-0.1, -0.05) is 35.9 Å². The van der Waals surface area contributed by atoms with E-state index in [0.717, 1.165) is 18.0 Å². The number of ether oxygens (including phenoxy) is 1. The zero-order chi connectivity index (χ0) is 13.7. The van der Waals surface area contributed by atoms with Gasteiger partial charge in [-0.3, -0.25) is 0 Å². The minimum atomic E-state index is 0.683. The summed E-state index contributed by atoms with van der Waals surface area (Å²) in [5.41, 5.74) is 4.85. The Morgan fingerprint density at radius 2 is 1.63 bits per heavy atom. The van der Waals surface area contributed by atoms with Crippen molar-refractivity contribution in [2.75, 3.05) is 11.9 Å². The Kier molecular flexibility index (Phi) is 4.45. The van der Waals surface area contributed by atoms with Crippen LogP contribution in [0.4, 0.5) is 5.69 Å². The third-order valence-corrected chi connectivity index (χ3v) is 3.04. The van der Waals surface area contributed by atoms with Crippen molar-refractivity contribution in [3.8, 4) is 5.75 Å². The summed E-state index contributed by atoms with van der Waals surface area (Å²) in [6, 6.07) is 14.8. The van der Waals surface area contributed by atoms with Gasteiger partial charge in [0.05, 0.1) is 12.3 Å². The van der Waals surface area contributed by atoms with E-state index in [0.29, 0.717) is 6.61 Å². The van der Waals surface area contributed by atoms with Crippen LogP contribution in [0.5, 0.6) is 5.75 Å². The number of nitrogens with one attached hydrogen (secondary N) is 1. The second-order valence-corrected chi connectivity index (χ2v) is 4.77. The average Bonchev–Trinajstić information content (AvgIpc) is 2.41. The minimum Gasteiger partial charge on any atom is -0.492 e. The largest absolute Gasteiger partial charge is 0.492 e. The van der Waals surface area contributed by atoms with Crippen LogP contribution in [0.3, 0.4) is 0 Å². The summed E-state index contributed by atoms with van der Waals surface area (Å²) < 4.78 is 5.64. The Morgan fingerprint density at radius 3 is 2.32 bits per heavy atom. The molecular formula is C17H21NO. The number of rotatable bonds is 5. The zero-order valence-electron chi connectivity index (χ0n) is 11.9. The quantitative estimate of drug-likeness (QED) is 0.859. The molecule has 0 unspecified atom stereocenters. The number of hydrogen-bond donors (Lipinski definition) is 1. The van der Waals surface area contributed by atoms with E-state index in [1.807, 2.05) is 13.0 Å². The summed E-state index contributed by atoms with van der Waals surface area (Å²) in [5, 5.41) is 3.45. The number of hydrogen-bond acceptors (Lipinski definition) is 2. The molecule has 0 aliphatic rings. The standard InChI is InChI=1S/C17H21NO/c1-4-19-17-10-7-14(3)11-16(17)18-12-15-8-5-13(2)6-9-15/h5-11,18H,4,12H2,1-3H3. The smallest absolute Gasteiger partial charge is 0.142 e. The summed E-state index contributed by atoms with van der Waals surface area (Å²) in [6.45, 7) is 7.69. The Hall–Kier alpha value is -1.96. The second-order valence-electron chi connectivity index (χ2n) is 4.77. The zero-order valence-corrected chi connectivity index (χ0v) is 11.9. The van der Waals surface area contributed by atoms with Crippen molar-refractivity contribution >= 4 is 5.69 Å². The first-order valence-electron chi connectivity index (χ1n) is 6.72. The van der Waals surface area contributed by atoms with Gasteiger partial charge in [0.15, 0.2) is 0 Å². The first kappa shape index (κ1) is 13.5. The molecule has 100 valence electrons. The molecule has 2 heteroatoms. The molecule has 0 bridgehead atoms. The summed E-state index contributed by atoms with van der Waals surface area (Å²) in [5.74, 6) is 0.917. The van der Waals surface area contributed by atoms with E-state index >= 15 is 0 Å². The third-order valence-electron chi connectivity index (χ3n) is 3.04. The highest BCUT2D eigenvalue weighted by atomic mass is 16.5. The van der Waals surface area contributed by atoms with Crippen LogP contribution in [0.2, 0.25) is 0 Å². The highest BCUT2D eigenvalue weighted by molar-refractivity contribution is 5.58. The van der Waals surface area contributed by atoms with Crippen LogP contribution in [-0.4, -0.2) is 6.61 Å². The lowest BCUT2D eigenvalue weighted by Gasteiger charge is -2.13. The van der Waals surface area contributed by atoms with E-state index in [4.69, 9.17) is 4.74 Å². The van der Waals surface area contributed by atoms with Gasteiger partial charge in [0.1, 0.15) is 5.75 Å². The van der Waals surface area contributed by atoms with Crippen LogP contribution >= 0.6 is 0 Å². The highest BCUT2D eigenvalue weighted by Gasteiger charge is 2.03. The fourth-order valence-corrected chi connectivity index (χ4v) is 1.97.